The minimum atomic E-state index is -0.349. The Morgan fingerprint density at radius 3 is 2.76 bits per heavy atom. The van der Waals surface area contributed by atoms with Gasteiger partial charge in [-0.25, -0.2) is 4.39 Å². The summed E-state index contributed by atoms with van der Waals surface area (Å²) in [4.78, 5) is 11.0. The van der Waals surface area contributed by atoms with Crippen LogP contribution in [0.2, 0.25) is 5.15 Å². The Kier molecular flexibility index (Phi) is 3.20. The third-order valence-electron chi connectivity index (χ3n) is 2.67. The quantitative estimate of drug-likeness (QED) is 0.761. The van der Waals surface area contributed by atoms with E-state index in [1.807, 2.05) is 13.8 Å². The summed E-state index contributed by atoms with van der Waals surface area (Å²) in [5, 5.41) is 0.888. The summed E-state index contributed by atoms with van der Waals surface area (Å²) in [7, 11) is 0. The summed E-state index contributed by atoms with van der Waals surface area (Å²) >= 11 is 6.13. The molecule has 2 rings (SSSR count). The van der Waals surface area contributed by atoms with Gasteiger partial charge in [0, 0.05) is 11.9 Å². The molecular formula is C13H13ClFNO. The second-order valence-electron chi connectivity index (χ2n) is 4.46. The highest BCUT2D eigenvalue weighted by atomic mass is 35.5. The van der Waals surface area contributed by atoms with E-state index in [2.05, 4.69) is 0 Å². The number of hydrogen-bond acceptors (Lipinski definition) is 1. The van der Waals surface area contributed by atoms with E-state index < -0.39 is 0 Å². The number of para-hydroxylation sites is 1. The summed E-state index contributed by atoms with van der Waals surface area (Å²) in [6.45, 7) is 4.62. The van der Waals surface area contributed by atoms with Crippen molar-refractivity contribution in [2.45, 2.75) is 20.4 Å². The van der Waals surface area contributed by atoms with E-state index in [0.29, 0.717) is 40.4 Å². The van der Waals surface area contributed by atoms with Gasteiger partial charge in [0.25, 0.3) is 0 Å². The Balaban J connectivity index is 2.81. The summed E-state index contributed by atoms with van der Waals surface area (Å²) in [5.74, 6) is -0.0274. The molecule has 2 nitrogen and oxygen atoms in total. The maximum absolute atomic E-state index is 13.8. The lowest BCUT2D eigenvalue weighted by Crippen LogP contribution is -2.05. The number of hydrogen-bond donors (Lipinski definition) is 0. The summed E-state index contributed by atoms with van der Waals surface area (Å²) in [6.07, 6.45) is 0.681. The standard InChI is InChI=1S/C13H13ClFNO/c1-8(2)6-16-12-9(4-3-5-11(12)15)10(7-17)13(16)14/h3-5,7-8H,6H2,1-2H3. The Hall–Kier alpha value is -1.35. The number of aromatic nitrogens is 1. The molecule has 0 N–H and O–H groups in total. The van der Waals surface area contributed by atoms with Gasteiger partial charge in [-0.05, 0) is 12.0 Å². The van der Waals surface area contributed by atoms with Crippen LogP contribution < -0.4 is 0 Å². The number of carbonyl (C=O) groups excluding carboxylic acids is 1. The molecule has 17 heavy (non-hydrogen) atoms. The molecular weight excluding hydrogens is 241 g/mol. The number of rotatable bonds is 3. The number of benzene rings is 1. The van der Waals surface area contributed by atoms with E-state index in [1.165, 1.54) is 6.07 Å². The first kappa shape index (κ1) is 12.1. The maximum Gasteiger partial charge on any atom is 0.153 e. The van der Waals surface area contributed by atoms with Gasteiger partial charge in [0.1, 0.15) is 11.0 Å². The second kappa shape index (κ2) is 4.49. The average Bonchev–Trinajstić information content (AvgIpc) is 2.52. The van der Waals surface area contributed by atoms with E-state index in [1.54, 1.807) is 16.7 Å². The largest absolute Gasteiger partial charge is 0.328 e. The molecule has 0 amide bonds. The smallest absolute Gasteiger partial charge is 0.153 e. The van der Waals surface area contributed by atoms with Crippen LogP contribution in [0.5, 0.6) is 0 Å². The molecule has 0 aliphatic carbocycles. The van der Waals surface area contributed by atoms with E-state index >= 15 is 0 Å². The molecule has 0 atom stereocenters. The molecule has 0 bridgehead atoms. The fourth-order valence-corrected chi connectivity index (χ4v) is 2.31. The summed E-state index contributed by atoms with van der Waals surface area (Å²) in [5.41, 5.74) is 0.773. The second-order valence-corrected chi connectivity index (χ2v) is 4.82. The Morgan fingerprint density at radius 1 is 1.47 bits per heavy atom. The zero-order chi connectivity index (χ0) is 12.6. The molecule has 4 heteroatoms. The predicted molar refractivity (Wildman–Crippen MR) is 67.1 cm³/mol. The van der Waals surface area contributed by atoms with Gasteiger partial charge in [-0.2, -0.15) is 0 Å². The summed E-state index contributed by atoms with van der Waals surface area (Å²) in [6, 6.07) is 4.68. The van der Waals surface area contributed by atoms with E-state index in [4.69, 9.17) is 11.6 Å². The third kappa shape index (κ3) is 1.95. The van der Waals surface area contributed by atoms with Gasteiger partial charge in [0.2, 0.25) is 0 Å². The first-order valence-electron chi connectivity index (χ1n) is 5.47. The van der Waals surface area contributed by atoms with Crippen LogP contribution in [0.1, 0.15) is 24.2 Å². The lowest BCUT2D eigenvalue weighted by molar-refractivity contribution is 0.112. The Bertz CT molecular complexity index is 574. The molecule has 0 saturated heterocycles. The molecule has 0 fully saturated rings. The maximum atomic E-state index is 13.8. The van der Waals surface area contributed by atoms with Gasteiger partial charge in [0.15, 0.2) is 6.29 Å². The van der Waals surface area contributed by atoms with Crippen LogP contribution >= 0.6 is 11.6 Å². The van der Waals surface area contributed by atoms with Gasteiger partial charge in [-0.1, -0.05) is 37.6 Å². The van der Waals surface area contributed by atoms with Crippen LogP contribution in [0, 0.1) is 11.7 Å². The van der Waals surface area contributed by atoms with Gasteiger partial charge in [-0.3, -0.25) is 4.79 Å². The molecule has 0 spiro atoms. The highest BCUT2D eigenvalue weighted by Gasteiger charge is 2.18. The molecule has 0 aliphatic rings. The van der Waals surface area contributed by atoms with Crippen LogP contribution in [0.25, 0.3) is 10.9 Å². The Morgan fingerprint density at radius 2 is 2.18 bits per heavy atom. The average molecular weight is 254 g/mol. The predicted octanol–water partition coefficient (Wildman–Crippen LogP) is 3.90. The van der Waals surface area contributed by atoms with Crippen LogP contribution in [-0.2, 0) is 6.54 Å². The first-order chi connectivity index (χ1) is 8.06. The normalized spacial score (nSPS) is 11.4. The minimum absolute atomic E-state index is 0.314. The van der Waals surface area contributed by atoms with E-state index in [-0.39, 0.29) is 5.82 Å². The van der Waals surface area contributed by atoms with Crippen molar-refractivity contribution >= 4 is 28.8 Å². The van der Waals surface area contributed by atoms with Crippen molar-refractivity contribution < 1.29 is 9.18 Å². The molecule has 0 aliphatic heterocycles. The molecule has 2 aromatic rings. The van der Waals surface area contributed by atoms with Crippen LogP contribution in [0.4, 0.5) is 4.39 Å². The van der Waals surface area contributed by atoms with Crippen molar-refractivity contribution in [3.63, 3.8) is 0 Å². The van der Waals surface area contributed by atoms with Gasteiger partial charge < -0.3 is 4.57 Å². The van der Waals surface area contributed by atoms with Crippen molar-refractivity contribution in [3.8, 4) is 0 Å². The fraction of sp³-hybridized carbons (Fsp3) is 0.308. The molecule has 90 valence electrons. The molecule has 0 unspecified atom stereocenters. The topological polar surface area (TPSA) is 22.0 Å². The highest BCUT2D eigenvalue weighted by Crippen LogP contribution is 2.31. The number of fused-ring (bicyclic) bond motifs is 1. The molecule has 1 aromatic heterocycles. The number of halogens is 2. The van der Waals surface area contributed by atoms with Crippen LogP contribution in [-0.4, -0.2) is 10.9 Å². The Labute approximate surface area is 104 Å². The van der Waals surface area contributed by atoms with E-state index in [9.17, 15) is 9.18 Å². The number of nitrogens with zero attached hydrogens (tertiary/aromatic N) is 1. The first-order valence-corrected chi connectivity index (χ1v) is 5.85. The van der Waals surface area contributed by atoms with Crippen molar-refractivity contribution in [1.29, 1.82) is 0 Å². The monoisotopic (exact) mass is 253 g/mol. The van der Waals surface area contributed by atoms with Crippen molar-refractivity contribution in [3.05, 3.63) is 34.7 Å². The minimum Gasteiger partial charge on any atom is -0.328 e. The number of aldehydes is 1. The van der Waals surface area contributed by atoms with Crippen LogP contribution in [0.3, 0.4) is 0 Å². The molecule has 1 heterocycles. The highest BCUT2D eigenvalue weighted by molar-refractivity contribution is 6.34. The molecule has 0 saturated carbocycles. The number of carbonyl (C=O) groups is 1. The fourth-order valence-electron chi connectivity index (χ4n) is 2.01. The lowest BCUT2D eigenvalue weighted by Gasteiger charge is -2.10. The van der Waals surface area contributed by atoms with Gasteiger partial charge >= 0.3 is 0 Å². The zero-order valence-electron chi connectivity index (χ0n) is 9.71. The van der Waals surface area contributed by atoms with E-state index in [0.717, 1.165) is 0 Å². The van der Waals surface area contributed by atoms with Crippen LogP contribution in [0.15, 0.2) is 18.2 Å². The zero-order valence-corrected chi connectivity index (χ0v) is 10.5. The lowest BCUT2D eigenvalue weighted by atomic mass is 10.2. The van der Waals surface area contributed by atoms with Gasteiger partial charge in [-0.15, -0.1) is 0 Å². The SMILES string of the molecule is CC(C)Cn1c(Cl)c(C=O)c2cccc(F)c21. The summed E-state index contributed by atoms with van der Waals surface area (Å²) < 4.78 is 15.5. The van der Waals surface area contributed by atoms with Crippen molar-refractivity contribution in [2.24, 2.45) is 5.92 Å². The van der Waals surface area contributed by atoms with Crippen molar-refractivity contribution in [2.75, 3.05) is 0 Å². The third-order valence-corrected chi connectivity index (χ3v) is 3.08. The van der Waals surface area contributed by atoms with Gasteiger partial charge in [0.05, 0.1) is 11.1 Å². The molecule has 0 radical (unpaired) electrons. The van der Waals surface area contributed by atoms with Crippen molar-refractivity contribution in [1.82, 2.24) is 4.57 Å². The molecule has 1 aromatic carbocycles.